The molecule has 9 amide bonds. The summed E-state index contributed by atoms with van der Waals surface area (Å²) < 4.78 is 12.2. The van der Waals surface area contributed by atoms with Gasteiger partial charge in [-0.1, -0.05) is 96.3 Å². The SMILES string of the molecule is CC[C@H](C)[C@@H]([C@@H](CC(=O)N1CCC[C@H]1[C@H](OC)[C@@H](C)C(=O)N[C@@H](Cc1ccccc1)C(=O)Nc1ccc(CNC(=O)CCCCCN2C(=O)C=CC2=O)cc1)OC)N(C)C(=O)[C@@H](NC(=O)[C@@H]1C2CC[C@@H](C2)N1C(=O)CCCCCO)C(C)C. The van der Waals surface area contributed by atoms with Crippen LogP contribution in [0.15, 0.2) is 66.7 Å². The average molecular weight is 1150 g/mol. The largest absolute Gasteiger partial charge is 0.396 e. The van der Waals surface area contributed by atoms with E-state index in [1.165, 1.54) is 31.3 Å². The number of methoxy groups -OCH3 is 2. The number of likely N-dealkylation sites (N-methyl/N-ethyl adjacent to an activating group) is 1. The summed E-state index contributed by atoms with van der Waals surface area (Å²) in [7, 11) is 4.74. The van der Waals surface area contributed by atoms with Gasteiger partial charge in [-0.2, -0.15) is 0 Å². The van der Waals surface area contributed by atoms with E-state index in [-0.39, 0.29) is 91.1 Å². The first-order valence-corrected chi connectivity index (χ1v) is 30.2. The maximum Gasteiger partial charge on any atom is 0.253 e. The number of nitrogens with one attached hydrogen (secondary N) is 4. The molecular weight excluding hydrogens is 1060 g/mol. The molecule has 4 aliphatic rings. The molecule has 3 heterocycles. The predicted molar refractivity (Wildman–Crippen MR) is 314 cm³/mol. The number of rotatable bonds is 33. The number of imide groups is 1. The quantitative estimate of drug-likeness (QED) is 0.0442. The third kappa shape index (κ3) is 17.5. The van der Waals surface area contributed by atoms with Crippen molar-refractivity contribution < 1.29 is 57.7 Å². The molecule has 456 valence electrons. The van der Waals surface area contributed by atoms with Crippen molar-refractivity contribution in [2.45, 2.75) is 192 Å². The molecule has 2 aromatic rings. The molecule has 2 aromatic carbocycles. The van der Waals surface area contributed by atoms with E-state index in [0.717, 1.165) is 36.8 Å². The fraction of sp³-hybridized carbons (Fsp3) is 0.635. The Hall–Kier alpha value is -6.51. The number of nitrogens with zero attached hydrogens (tertiary/aromatic N) is 4. The van der Waals surface area contributed by atoms with Crippen LogP contribution in [-0.4, -0.2) is 167 Å². The molecule has 1 unspecified atom stereocenters. The van der Waals surface area contributed by atoms with Crippen molar-refractivity contribution in [1.29, 1.82) is 0 Å². The lowest BCUT2D eigenvalue weighted by atomic mass is 9.89. The van der Waals surface area contributed by atoms with Gasteiger partial charge in [0.1, 0.15) is 18.1 Å². The zero-order chi connectivity index (χ0) is 60.3. The zero-order valence-corrected chi connectivity index (χ0v) is 50.1. The number of unbranched alkanes of at least 4 members (excludes halogenated alkanes) is 4. The van der Waals surface area contributed by atoms with Gasteiger partial charge in [0.25, 0.3) is 11.8 Å². The van der Waals surface area contributed by atoms with E-state index < -0.39 is 60.1 Å². The summed E-state index contributed by atoms with van der Waals surface area (Å²) >= 11 is 0. The standard InChI is InChI=1S/C63H92N8O12/c1-9-41(4)57(68(6)63(81)56(40(2)3)67-62(80)58-45-27-30-47(37-45)71(58)54(76)24-16-12-18-35-72)50(82-7)38-55(77)69-34-19-22-49(69)59(83-8)42(5)60(78)66-48(36-43-20-13-10-14-21-43)61(79)65-46-28-25-44(26-29-46)39-64-51(73)23-15-11-17-33-70-52(74)31-32-53(70)75/h10,13-14,20-21,25-26,28-29,31-32,40-42,45,47-50,56-59,72H,9,11-12,15-19,22-24,27,30,33-39H2,1-8H3,(H,64,73)(H,65,79)(H,66,78)(H,67,80)/t41-,42+,45?,47-,48-,49-,50+,56-,57-,58-,59+/m0/s1. The van der Waals surface area contributed by atoms with Gasteiger partial charge in [-0.25, -0.2) is 0 Å². The first-order valence-electron chi connectivity index (χ1n) is 30.2. The number of carbonyl (C=O) groups is 9. The van der Waals surface area contributed by atoms with E-state index in [1.807, 2.05) is 58.0 Å². The van der Waals surface area contributed by atoms with Gasteiger partial charge in [0.2, 0.25) is 41.4 Å². The summed E-state index contributed by atoms with van der Waals surface area (Å²) in [5.74, 6) is -3.78. The van der Waals surface area contributed by atoms with Crippen LogP contribution in [0.3, 0.4) is 0 Å². The third-order valence-corrected chi connectivity index (χ3v) is 17.5. The molecule has 1 saturated carbocycles. The lowest BCUT2D eigenvalue weighted by Gasteiger charge is -2.41. The van der Waals surface area contributed by atoms with Crippen LogP contribution in [0.2, 0.25) is 0 Å². The first kappa shape index (κ1) is 65.6. The Kier molecular flexibility index (Phi) is 25.3. The number of likely N-dealkylation sites (tertiary alicyclic amines) is 2. The number of amides is 9. The number of carbonyl (C=O) groups excluding carboxylic acids is 9. The number of piperidine rings is 1. The van der Waals surface area contributed by atoms with Gasteiger partial charge in [-0.3, -0.25) is 48.1 Å². The average Bonchev–Trinajstić information content (AvgIpc) is 2.90. The normalized spacial score (nSPS) is 20.9. The van der Waals surface area contributed by atoms with E-state index in [9.17, 15) is 48.3 Å². The Balaban J connectivity index is 1.06. The Labute approximate surface area is 490 Å². The molecule has 20 nitrogen and oxygen atoms in total. The van der Waals surface area contributed by atoms with Crippen LogP contribution in [0.4, 0.5) is 5.69 Å². The Bertz CT molecular complexity index is 2540. The van der Waals surface area contributed by atoms with Crippen LogP contribution in [0.5, 0.6) is 0 Å². The number of hydrogen-bond acceptors (Lipinski definition) is 12. The summed E-state index contributed by atoms with van der Waals surface area (Å²) in [5.41, 5.74) is 2.13. The van der Waals surface area contributed by atoms with Crippen molar-refractivity contribution in [2.75, 3.05) is 46.3 Å². The van der Waals surface area contributed by atoms with E-state index in [1.54, 1.807) is 52.9 Å². The van der Waals surface area contributed by atoms with Crippen LogP contribution in [0.1, 0.15) is 142 Å². The highest BCUT2D eigenvalue weighted by atomic mass is 16.5. The molecule has 1 aliphatic carbocycles. The molecule has 6 rings (SSSR count). The minimum Gasteiger partial charge on any atom is -0.396 e. The maximum atomic E-state index is 14.8. The topological polar surface area (TPSA) is 253 Å². The van der Waals surface area contributed by atoms with Gasteiger partial charge in [0, 0.05) is 90.7 Å². The molecule has 3 aliphatic heterocycles. The molecule has 2 saturated heterocycles. The summed E-state index contributed by atoms with van der Waals surface area (Å²) in [6, 6.07) is 12.8. The Morgan fingerprint density at radius 1 is 0.771 bits per heavy atom. The smallest absolute Gasteiger partial charge is 0.253 e. The Morgan fingerprint density at radius 2 is 1.46 bits per heavy atom. The molecular formula is C63H92N8O12. The summed E-state index contributed by atoms with van der Waals surface area (Å²) in [6.07, 6.45) is 9.97. The van der Waals surface area contributed by atoms with Crippen molar-refractivity contribution in [1.82, 2.24) is 35.6 Å². The van der Waals surface area contributed by atoms with E-state index in [0.29, 0.717) is 83.0 Å². The van der Waals surface area contributed by atoms with E-state index >= 15 is 0 Å². The van der Waals surface area contributed by atoms with Gasteiger partial charge in [0.15, 0.2) is 0 Å². The summed E-state index contributed by atoms with van der Waals surface area (Å²) in [4.78, 5) is 128. The van der Waals surface area contributed by atoms with Crippen molar-refractivity contribution in [3.05, 3.63) is 77.9 Å². The number of benzene rings is 2. The van der Waals surface area contributed by atoms with Gasteiger partial charge < -0.3 is 50.5 Å². The van der Waals surface area contributed by atoms with Gasteiger partial charge in [-0.15, -0.1) is 0 Å². The van der Waals surface area contributed by atoms with Gasteiger partial charge in [-0.05, 0) is 98.8 Å². The van der Waals surface area contributed by atoms with Crippen LogP contribution in [-0.2, 0) is 65.6 Å². The van der Waals surface area contributed by atoms with E-state index in [4.69, 9.17) is 9.47 Å². The lowest BCUT2D eigenvalue weighted by Crippen LogP contribution is -2.60. The minimum absolute atomic E-state index is 0.00435. The monoisotopic (exact) mass is 1150 g/mol. The minimum atomic E-state index is -0.990. The second-order valence-electron chi connectivity index (χ2n) is 23.5. The second-order valence-corrected chi connectivity index (χ2v) is 23.5. The Morgan fingerprint density at radius 3 is 2.11 bits per heavy atom. The maximum absolute atomic E-state index is 14.8. The summed E-state index contributed by atoms with van der Waals surface area (Å²) in [6.45, 7) is 10.6. The van der Waals surface area contributed by atoms with Crippen molar-refractivity contribution in [3.8, 4) is 0 Å². The highest BCUT2D eigenvalue weighted by Crippen LogP contribution is 2.43. The fourth-order valence-electron chi connectivity index (χ4n) is 12.6. The number of anilines is 1. The molecule has 11 atom stereocenters. The number of aliphatic hydroxyl groups excluding tert-OH is 1. The third-order valence-electron chi connectivity index (χ3n) is 17.5. The molecule has 3 fully saturated rings. The zero-order valence-electron chi connectivity index (χ0n) is 50.1. The highest BCUT2D eigenvalue weighted by Gasteiger charge is 2.52. The number of fused-ring (bicyclic) bond motifs is 2. The van der Waals surface area contributed by atoms with Crippen LogP contribution in [0.25, 0.3) is 0 Å². The molecule has 0 spiro atoms. The molecule has 5 N–H and O–H groups in total. The first-order chi connectivity index (χ1) is 39.8. The number of aliphatic hydroxyl groups is 1. The second kappa shape index (κ2) is 32.0. The van der Waals surface area contributed by atoms with Crippen molar-refractivity contribution in [2.24, 2.45) is 23.7 Å². The van der Waals surface area contributed by atoms with Crippen molar-refractivity contribution in [3.63, 3.8) is 0 Å². The lowest BCUT2D eigenvalue weighted by molar-refractivity contribution is -0.149. The van der Waals surface area contributed by atoms with Gasteiger partial charge >= 0.3 is 0 Å². The van der Waals surface area contributed by atoms with Gasteiger partial charge in [0.05, 0.1) is 36.6 Å². The summed E-state index contributed by atoms with van der Waals surface area (Å²) in [5, 5.41) is 21.2. The van der Waals surface area contributed by atoms with Crippen LogP contribution >= 0.6 is 0 Å². The molecule has 2 bridgehead atoms. The van der Waals surface area contributed by atoms with E-state index in [2.05, 4.69) is 21.3 Å². The molecule has 83 heavy (non-hydrogen) atoms. The predicted octanol–water partition coefficient (Wildman–Crippen LogP) is 5.45. The van der Waals surface area contributed by atoms with Crippen LogP contribution < -0.4 is 21.3 Å². The number of ether oxygens (including phenoxy) is 2. The molecule has 0 aromatic heterocycles. The molecule has 20 heteroatoms. The van der Waals surface area contributed by atoms with Crippen LogP contribution in [0, 0.1) is 23.7 Å². The fourth-order valence-corrected chi connectivity index (χ4v) is 12.6. The highest BCUT2D eigenvalue weighted by molar-refractivity contribution is 6.12. The molecule has 0 radical (unpaired) electrons. The number of hydrogen-bond donors (Lipinski definition) is 5. The van der Waals surface area contributed by atoms with Crippen molar-refractivity contribution >= 4 is 58.9 Å².